The van der Waals surface area contributed by atoms with Gasteiger partial charge in [0.1, 0.15) is 5.82 Å². The molecule has 1 aliphatic rings. The molecule has 1 fully saturated rings. The van der Waals surface area contributed by atoms with Gasteiger partial charge in [-0.1, -0.05) is 11.6 Å². The number of aromatic nitrogens is 1. The minimum Gasteiger partial charge on any atom is -0.364 e. The number of nitrogens with zero attached hydrogens (tertiary/aromatic N) is 1. The van der Waals surface area contributed by atoms with Crippen LogP contribution in [0.5, 0.6) is 0 Å². The van der Waals surface area contributed by atoms with E-state index >= 15 is 0 Å². The molecule has 1 unspecified atom stereocenters. The van der Waals surface area contributed by atoms with Crippen LogP contribution < -0.4 is 5.32 Å². The van der Waals surface area contributed by atoms with E-state index in [-0.39, 0.29) is 0 Å². The largest absolute Gasteiger partial charge is 0.364 e. The van der Waals surface area contributed by atoms with Gasteiger partial charge in [0.2, 0.25) is 0 Å². The Hall–Kier alpha value is 0.0700. The monoisotopic (exact) mass is 234 g/mol. The molecular formula is C8H11ClN2S2. The first-order chi connectivity index (χ1) is 6.08. The molecule has 0 aliphatic carbocycles. The van der Waals surface area contributed by atoms with E-state index in [1.165, 1.54) is 11.3 Å². The van der Waals surface area contributed by atoms with E-state index in [4.69, 9.17) is 11.6 Å². The zero-order valence-electron chi connectivity index (χ0n) is 7.50. The number of thiazole rings is 1. The highest BCUT2D eigenvalue weighted by Crippen LogP contribution is 2.41. The van der Waals surface area contributed by atoms with E-state index in [2.05, 4.69) is 24.1 Å². The van der Waals surface area contributed by atoms with Gasteiger partial charge in [0, 0.05) is 15.9 Å². The van der Waals surface area contributed by atoms with Gasteiger partial charge < -0.3 is 5.32 Å². The first kappa shape index (κ1) is 9.62. The summed E-state index contributed by atoms with van der Waals surface area (Å²) in [5.74, 6) is 2.07. The molecule has 0 saturated carbocycles. The molecule has 0 aromatic carbocycles. The molecule has 0 spiro atoms. The van der Waals surface area contributed by atoms with Crippen LogP contribution in [0, 0.1) is 0 Å². The fraction of sp³-hybridized carbons (Fsp3) is 0.625. The van der Waals surface area contributed by atoms with Gasteiger partial charge >= 0.3 is 0 Å². The highest BCUT2D eigenvalue weighted by Gasteiger charge is 2.39. The summed E-state index contributed by atoms with van der Waals surface area (Å²) in [5.41, 5.74) is 0. The lowest BCUT2D eigenvalue weighted by atomic mass is 10.0. The summed E-state index contributed by atoms with van der Waals surface area (Å²) < 4.78 is 0.933. The van der Waals surface area contributed by atoms with Crippen molar-refractivity contribution in [1.29, 1.82) is 0 Å². The number of rotatable bonds is 2. The van der Waals surface area contributed by atoms with E-state index in [1.54, 1.807) is 0 Å². The van der Waals surface area contributed by atoms with E-state index in [9.17, 15) is 0 Å². The van der Waals surface area contributed by atoms with Gasteiger partial charge in [0.25, 0.3) is 0 Å². The second kappa shape index (κ2) is 3.33. The van der Waals surface area contributed by atoms with Crippen LogP contribution in [-0.4, -0.2) is 21.5 Å². The Labute approximate surface area is 91.1 Å². The smallest absolute Gasteiger partial charge is 0.185 e. The van der Waals surface area contributed by atoms with Crippen LogP contribution in [0.3, 0.4) is 0 Å². The van der Waals surface area contributed by atoms with Crippen molar-refractivity contribution in [3.8, 4) is 0 Å². The van der Waals surface area contributed by atoms with Crippen molar-refractivity contribution >= 4 is 40.5 Å². The van der Waals surface area contributed by atoms with Crippen molar-refractivity contribution < 1.29 is 0 Å². The van der Waals surface area contributed by atoms with Gasteiger partial charge in [-0.3, -0.25) is 0 Å². The van der Waals surface area contributed by atoms with Gasteiger partial charge in [-0.25, -0.2) is 4.98 Å². The minimum atomic E-state index is 0.329. The summed E-state index contributed by atoms with van der Waals surface area (Å²) in [6.07, 6.45) is 0. The molecule has 0 radical (unpaired) electrons. The van der Waals surface area contributed by atoms with Gasteiger partial charge in [-0.05, 0) is 13.8 Å². The Balaban J connectivity index is 1.99. The molecule has 72 valence electrons. The zero-order valence-corrected chi connectivity index (χ0v) is 9.89. The highest BCUT2D eigenvalue weighted by atomic mass is 35.5. The maximum Gasteiger partial charge on any atom is 0.185 e. The Morgan fingerprint density at radius 2 is 2.46 bits per heavy atom. The summed E-state index contributed by atoms with van der Waals surface area (Å²) in [6, 6.07) is 0.524. The number of thioether (sulfide) groups is 1. The number of hydrogen-bond acceptors (Lipinski definition) is 4. The molecule has 1 aromatic heterocycles. The standard InChI is InChI=1S/C8H11ClN2S2/c1-8(2)5(3-13-8)10-6-4-12-7(9)11-6/h4-5,10H,3H2,1-2H3. The third-order valence-corrected chi connectivity index (χ3v) is 4.77. The van der Waals surface area contributed by atoms with Gasteiger partial charge in [0.05, 0.1) is 6.04 Å². The molecule has 1 aromatic rings. The van der Waals surface area contributed by atoms with Crippen LogP contribution in [0.15, 0.2) is 5.38 Å². The fourth-order valence-corrected chi connectivity index (χ4v) is 3.06. The predicted molar refractivity (Wildman–Crippen MR) is 61.1 cm³/mol. The third-order valence-electron chi connectivity index (χ3n) is 2.26. The maximum absolute atomic E-state index is 5.74. The van der Waals surface area contributed by atoms with E-state index < -0.39 is 0 Å². The fourth-order valence-electron chi connectivity index (χ4n) is 1.21. The lowest BCUT2D eigenvalue weighted by Crippen LogP contribution is -2.50. The van der Waals surface area contributed by atoms with Crippen molar-refractivity contribution in [1.82, 2.24) is 4.98 Å². The second-order valence-electron chi connectivity index (χ2n) is 3.60. The average molecular weight is 235 g/mol. The topological polar surface area (TPSA) is 24.9 Å². The Morgan fingerprint density at radius 3 is 2.85 bits per heavy atom. The Bertz CT molecular complexity index is 311. The normalized spacial score (nSPS) is 25.3. The molecule has 1 saturated heterocycles. The van der Waals surface area contributed by atoms with Gasteiger partial charge in [0.15, 0.2) is 4.47 Å². The molecule has 1 atom stereocenters. The summed E-state index contributed by atoms with van der Waals surface area (Å²) >= 11 is 9.18. The SMILES string of the molecule is CC1(C)SCC1Nc1csc(Cl)n1. The average Bonchev–Trinajstić information content (AvgIpc) is 2.46. The molecule has 2 rings (SSSR count). The molecule has 2 nitrogen and oxygen atoms in total. The first-order valence-corrected chi connectivity index (χ1v) is 6.34. The third kappa shape index (κ3) is 1.95. The van der Waals surface area contributed by atoms with Crippen LogP contribution in [0.2, 0.25) is 4.47 Å². The van der Waals surface area contributed by atoms with Crippen molar-refractivity contribution in [2.75, 3.05) is 11.1 Å². The Morgan fingerprint density at radius 1 is 1.69 bits per heavy atom. The summed E-state index contributed by atoms with van der Waals surface area (Å²) in [5, 5.41) is 5.34. The van der Waals surface area contributed by atoms with Crippen LogP contribution in [0.1, 0.15) is 13.8 Å². The van der Waals surface area contributed by atoms with E-state index in [1.807, 2.05) is 17.1 Å². The molecular weight excluding hydrogens is 224 g/mol. The Kier molecular flexibility index (Phi) is 2.47. The molecule has 5 heteroatoms. The van der Waals surface area contributed by atoms with Gasteiger partial charge in [-0.2, -0.15) is 11.8 Å². The predicted octanol–water partition coefficient (Wildman–Crippen LogP) is 3.10. The molecule has 0 bridgehead atoms. The van der Waals surface area contributed by atoms with Crippen LogP contribution in [-0.2, 0) is 0 Å². The summed E-state index contributed by atoms with van der Waals surface area (Å²) in [7, 11) is 0. The number of nitrogens with one attached hydrogen (secondary N) is 1. The number of anilines is 1. The van der Waals surface area contributed by atoms with Crippen LogP contribution in [0.4, 0.5) is 5.82 Å². The second-order valence-corrected chi connectivity index (χ2v) is 6.71. The van der Waals surface area contributed by atoms with Crippen molar-refractivity contribution in [2.24, 2.45) is 0 Å². The van der Waals surface area contributed by atoms with E-state index in [0.29, 0.717) is 15.3 Å². The molecule has 2 heterocycles. The lowest BCUT2D eigenvalue weighted by Gasteiger charge is -2.44. The lowest BCUT2D eigenvalue weighted by molar-refractivity contribution is 0.575. The van der Waals surface area contributed by atoms with Crippen molar-refractivity contribution in [3.63, 3.8) is 0 Å². The molecule has 1 aliphatic heterocycles. The maximum atomic E-state index is 5.74. The van der Waals surface area contributed by atoms with Crippen molar-refractivity contribution in [2.45, 2.75) is 24.6 Å². The molecule has 0 amide bonds. The van der Waals surface area contributed by atoms with Crippen molar-refractivity contribution in [3.05, 3.63) is 9.85 Å². The van der Waals surface area contributed by atoms with Gasteiger partial charge in [-0.15, -0.1) is 11.3 Å². The zero-order chi connectivity index (χ0) is 9.47. The molecule has 13 heavy (non-hydrogen) atoms. The summed E-state index contributed by atoms with van der Waals surface area (Å²) in [6.45, 7) is 4.49. The summed E-state index contributed by atoms with van der Waals surface area (Å²) in [4.78, 5) is 4.16. The number of halogens is 1. The first-order valence-electron chi connectivity index (χ1n) is 4.09. The minimum absolute atomic E-state index is 0.329. The van der Waals surface area contributed by atoms with E-state index in [0.717, 1.165) is 11.6 Å². The number of hydrogen-bond donors (Lipinski definition) is 1. The quantitative estimate of drug-likeness (QED) is 0.851. The highest BCUT2D eigenvalue weighted by molar-refractivity contribution is 8.02. The van der Waals surface area contributed by atoms with Crippen LogP contribution in [0.25, 0.3) is 0 Å². The van der Waals surface area contributed by atoms with Crippen LogP contribution >= 0.6 is 34.7 Å². The molecule has 1 N–H and O–H groups in total.